The van der Waals surface area contributed by atoms with E-state index in [-0.39, 0.29) is 4.90 Å². The predicted molar refractivity (Wildman–Crippen MR) is 122 cm³/mol. The third kappa shape index (κ3) is 3.74. The molecule has 0 amide bonds. The number of hydrogen-bond donors (Lipinski definition) is 1. The van der Waals surface area contributed by atoms with Crippen LogP contribution in [0, 0.1) is 0 Å². The third-order valence-electron chi connectivity index (χ3n) is 5.38. The van der Waals surface area contributed by atoms with Gasteiger partial charge in [0.05, 0.1) is 10.4 Å². The van der Waals surface area contributed by atoms with Crippen LogP contribution in [0.5, 0.6) is 0 Å². The SMILES string of the molecule is CC1=CN(c2ccc(S(N)(=O)=O)cc2)C(c2ccc(Cl)cc2)(c2ccc(Cl)cc2)C1. The van der Waals surface area contributed by atoms with Gasteiger partial charge in [-0.25, -0.2) is 13.6 Å². The average molecular weight is 459 g/mol. The van der Waals surface area contributed by atoms with Crippen LogP contribution in [0.4, 0.5) is 5.69 Å². The molecule has 4 nitrogen and oxygen atoms in total. The van der Waals surface area contributed by atoms with E-state index in [1.165, 1.54) is 17.7 Å². The van der Waals surface area contributed by atoms with E-state index in [0.29, 0.717) is 10.0 Å². The molecule has 1 aliphatic rings. The van der Waals surface area contributed by atoms with E-state index in [1.807, 2.05) is 48.5 Å². The number of nitrogens with two attached hydrogens (primary N) is 1. The molecule has 0 fully saturated rings. The highest BCUT2D eigenvalue weighted by molar-refractivity contribution is 7.89. The molecule has 0 aliphatic carbocycles. The lowest BCUT2D eigenvalue weighted by molar-refractivity contribution is 0.546. The number of primary sulfonamides is 1. The summed E-state index contributed by atoms with van der Waals surface area (Å²) in [5.41, 5.74) is 3.65. The Hall–Kier alpha value is -2.31. The monoisotopic (exact) mass is 458 g/mol. The molecular formula is C23H20Cl2N2O2S. The molecule has 7 heteroatoms. The summed E-state index contributed by atoms with van der Waals surface area (Å²) in [6.07, 6.45) is 2.85. The zero-order chi connectivity index (χ0) is 21.5. The van der Waals surface area contributed by atoms with Gasteiger partial charge in [0.15, 0.2) is 0 Å². The molecule has 0 bridgehead atoms. The Morgan fingerprint density at radius 1 is 0.833 bits per heavy atom. The van der Waals surface area contributed by atoms with Gasteiger partial charge in [-0.15, -0.1) is 0 Å². The number of sulfonamides is 1. The van der Waals surface area contributed by atoms with Gasteiger partial charge < -0.3 is 4.90 Å². The number of nitrogens with zero attached hydrogens (tertiary/aromatic N) is 1. The first-order valence-corrected chi connectivity index (χ1v) is 11.6. The minimum absolute atomic E-state index is 0.0785. The predicted octanol–water partition coefficient (Wildman–Crippen LogP) is 5.70. The maximum atomic E-state index is 11.7. The molecule has 0 unspecified atom stereocenters. The number of benzene rings is 3. The van der Waals surface area contributed by atoms with E-state index in [9.17, 15) is 8.42 Å². The van der Waals surface area contributed by atoms with Crippen LogP contribution < -0.4 is 10.0 Å². The van der Waals surface area contributed by atoms with Gasteiger partial charge >= 0.3 is 0 Å². The van der Waals surface area contributed by atoms with Crippen LogP contribution in [-0.4, -0.2) is 8.42 Å². The molecule has 0 atom stereocenters. The first-order chi connectivity index (χ1) is 14.2. The largest absolute Gasteiger partial charge is 0.333 e. The minimum atomic E-state index is -3.76. The summed E-state index contributed by atoms with van der Waals surface area (Å²) in [4.78, 5) is 2.25. The van der Waals surface area contributed by atoms with Crippen LogP contribution in [0.1, 0.15) is 24.5 Å². The van der Waals surface area contributed by atoms with Gasteiger partial charge in [-0.1, -0.05) is 53.0 Å². The van der Waals surface area contributed by atoms with Gasteiger partial charge in [0, 0.05) is 28.4 Å². The molecule has 3 aromatic carbocycles. The fourth-order valence-electron chi connectivity index (χ4n) is 4.06. The summed E-state index contributed by atoms with van der Waals surface area (Å²) >= 11 is 12.3. The van der Waals surface area contributed by atoms with Crippen molar-refractivity contribution in [1.82, 2.24) is 0 Å². The second-order valence-corrected chi connectivity index (χ2v) is 9.87. The first kappa shape index (κ1) is 20.9. The molecule has 0 saturated heterocycles. The Morgan fingerprint density at radius 3 is 1.73 bits per heavy atom. The summed E-state index contributed by atoms with van der Waals surface area (Å²) < 4.78 is 23.4. The molecule has 154 valence electrons. The zero-order valence-electron chi connectivity index (χ0n) is 16.2. The second-order valence-electron chi connectivity index (χ2n) is 7.44. The third-order valence-corrected chi connectivity index (χ3v) is 6.82. The molecular weight excluding hydrogens is 439 g/mol. The van der Waals surface area contributed by atoms with Gasteiger partial charge in [0.25, 0.3) is 0 Å². The van der Waals surface area contributed by atoms with Crippen LogP contribution in [-0.2, 0) is 15.6 Å². The van der Waals surface area contributed by atoms with Gasteiger partial charge in [0.1, 0.15) is 0 Å². The van der Waals surface area contributed by atoms with Gasteiger partial charge in [-0.05, 0) is 66.6 Å². The Kier molecular flexibility index (Phi) is 5.41. The van der Waals surface area contributed by atoms with Crippen LogP contribution >= 0.6 is 23.2 Å². The molecule has 4 rings (SSSR count). The average Bonchev–Trinajstić information content (AvgIpc) is 3.06. The number of halogens is 2. The fraction of sp³-hybridized carbons (Fsp3) is 0.130. The van der Waals surface area contributed by atoms with Gasteiger partial charge in [-0.3, -0.25) is 0 Å². The van der Waals surface area contributed by atoms with Crippen molar-refractivity contribution in [3.8, 4) is 0 Å². The quantitative estimate of drug-likeness (QED) is 0.545. The lowest BCUT2D eigenvalue weighted by atomic mass is 9.79. The van der Waals surface area contributed by atoms with Crippen LogP contribution in [0.15, 0.2) is 89.5 Å². The molecule has 2 N–H and O–H groups in total. The number of rotatable bonds is 4. The van der Waals surface area contributed by atoms with Crippen molar-refractivity contribution in [2.75, 3.05) is 4.90 Å². The van der Waals surface area contributed by atoms with Crippen molar-refractivity contribution in [2.24, 2.45) is 5.14 Å². The molecule has 0 radical (unpaired) electrons. The summed E-state index contributed by atoms with van der Waals surface area (Å²) in [7, 11) is -3.76. The van der Waals surface area contributed by atoms with E-state index >= 15 is 0 Å². The van der Waals surface area contributed by atoms with Crippen molar-refractivity contribution in [1.29, 1.82) is 0 Å². The standard InChI is InChI=1S/C23H20Cl2N2O2S/c1-16-14-23(17-2-6-19(24)7-3-17,18-4-8-20(25)9-5-18)27(15-16)21-10-12-22(13-11-21)30(26,28)29/h2-13,15H,14H2,1H3,(H2,26,28,29). The Balaban J connectivity index is 1.92. The first-order valence-electron chi connectivity index (χ1n) is 9.32. The normalized spacial score (nSPS) is 15.9. The van der Waals surface area contributed by atoms with E-state index in [1.54, 1.807) is 12.1 Å². The lowest BCUT2D eigenvalue weighted by Crippen LogP contribution is -2.41. The maximum absolute atomic E-state index is 11.7. The van der Waals surface area contributed by atoms with Crippen LogP contribution in [0.2, 0.25) is 10.0 Å². The molecule has 3 aromatic rings. The summed E-state index contributed by atoms with van der Waals surface area (Å²) in [5.74, 6) is 0. The number of hydrogen-bond acceptors (Lipinski definition) is 3. The van der Waals surface area contributed by atoms with Gasteiger partial charge in [-0.2, -0.15) is 0 Å². The highest BCUT2D eigenvalue weighted by Gasteiger charge is 2.43. The van der Waals surface area contributed by atoms with Crippen LogP contribution in [0.3, 0.4) is 0 Å². The van der Waals surface area contributed by atoms with Crippen molar-refractivity contribution in [3.63, 3.8) is 0 Å². The van der Waals surface area contributed by atoms with Crippen molar-refractivity contribution in [3.05, 3.63) is 106 Å². The van der Waals surface area contributed by atoms with Crippen molar-refractivity contribution >= 4 is 38.9 Å². The van der Waals surface area contributed by atoms with E-state index < -0.39 is 15.6 Å². The Bertz CT molecular complexity index is 1160. The smallest absolute Gasteiger partial charge is 0.238 e. The summed E-state index contributed by atoms with van der Waals surface area (Å²) in [6.45, 7) is 2.08. The highest BCUT2D eigenvalue weighted by Crippen LogP contribution is 2.48. The highest BCUT2D eigenvalue weighted by atomic mass is 35.5. The van der Waals surface area contributed by atoms with Crippen molar-refractivity contribution < 1.29 is 8.42 Å². The minimum Gasteiger partial charge on any atom is -0.333 e. The molecule has 30 heavy (non-hydrogen) atoms. The Labute approximate surface area is 186 Å². The zero-order valence-corrected chi connectivity index (χ0v) is 18.5. The van der Waals surface area contributed by atoms with Crippen LogP contribution in [0.25, 0.3) is 0 Å². The lowest BCUT2D eigenvalue weighted by Gasteiger charge is -2.41. The van der Waals surface area contributed by atoms with E-state index in [2.05, 4.69) is 18.0 Å². The van der Waals surface area contributed by atoms with E-state index in [4.69, 9.17) is 28.3 Å². The fourth-order valence-corrected chi connectivity index (χ4v) is 4.82. The molecule has 0 saturated carbocycles. The van der Waals surface area contributed by atoms with E-state index in [0.717, 1.165) is 23.2 Å². The second kappa shape index (κ2) is 7.75. The number of anilines is 1. The molecule has 1 heterocycles. The maximum Gasteiger partial charge on any atom is 0.238 e. The topological polar surface area (TPSA) is 63.4 Å². The van der Waals surface area contributed by atoms with Gasteiger partial charge in [0.2, 0.25) is 10.0 Å². The molecule has 1 aliphatic heterocycles. The summed E-state index contributed by atoms with van der Waals surface area (Å²) in [5, 5.41) is 6.60. The summed E-state index contributed by atoms with van der Waals surface area (Å²) in [6, 6.07) is 22.2. The Morgan fingerprint density at radius 2 is 1.30 bits per heavy atom. The van der Waals surface area contributed by atoms with Crippen molar-refractivity contribution in [2.45, 2.75) is 23.8 Å². The molecule has 0 aromatic heterocycles. The molecule has 0 spiro atoms.